The average Bonchev–Trinajstić information content (AvgIpc) is 1.53. The molecular weight excluding hydrogens is 1600 g/mol. The monoisotopic (exact) mass is 1750 g/mol. The summed E-state index contributed by atoms with van der Waals surface area (Å²) in [5.74, 6) is 0. The number of aromatic nitrogens is 4. The molecule has 132 heavy (non-hydrogen) atoms. The van der Waals surface area contributed by atoms with Crippen LogP contribution >= 0.6 is 0 Å². The fraction of sp³-hybridized carbons (Fsp3) is 0.290. The molecule has 0 aliphatic carbocycles. The van der Waals surface area contributed by atoms with Crippen LogP contribution in [-0.2, 0) is 26.7 Å². The van der Waals surface area contributed by atoms with Gasteiger partial charge in [-0.2, -0.15) is 0 Å². The van der Waals surface area contributed by atoms with E-state index in [9.17, 15) is 0 Å². The average molecular weight is 1750 g/mol. The second-order valence-corrected chi connectivity index (χ2v) is 31.3. The van der Waals surface area contributed by atoms with Gasteiger partial charge in [0.1, 0.15) is 0 Å². The predicted molar refractivity (Wildman–Crippen MR) is 595 cm³/mol. The summed E-state index contributed by atoms with van der Waals surface area (Å²) in [5.41, 5.74) is 10.7. The van der Waals surface area contributed by atoms with Gasteiger partial charge in [-0.25, -0.2) is 0 Å². The van der Waals surface area contributed by atoms with Crippen molar-refractivity contribution in [3.05, 3.63) is 315 Å². The maximum atomic E-state index is 2.55. The minimum Gasteiger partial charge on any atom is -0.327 e. The van der Waals surface area contributed by atoms with Crippen molar-refractivity contribution in [2.75, 3.05) is 52.4 Å². The van der Waals surface area contributed by atoms with Crippen molar-refractivity contribution < 1.29 is 0 Å². The van der Waals surface area contributed by atoms with Crippen LogP contribution in [0.4, 0.5) is 0 Å². The van der Waals surface area contributed by atoms with Crippen LogP contribution in [0.3, 0.4) is 0 Å². The summed E-state index contributed by atoms with van der Waals surface area (Å²) in [6, 6.07) is 116. The molecule has 4 aromatic heterocycles. The smallest absolute Gasteiger partial charge is 0.0757 e. The molecule has 0 amide bonds. The Morgan fingerprint density at radius 3 is 0.674 bits per heavy atom. The minimum atomic E-state index is 0.897. The molecule has 22 rings (SSSR count). The molecule has 0 radical (unpaired) electrons. The van der Waals surface area contributed by atoms with Crippen molar-refractivity contribution in [1.82, 2.24) is 37.9 Å². The van der Waals surface area contributed by atoms with E-state index in [0.29, 0.717) is 0 Å². The van der Waals surface area contributed by atoms with Gasteiger partial charge in [-0.15, -0.1) is 0 Å². The number of fused-ring (bicyclic) bond motifs is 32. The van der Waals surface area contributed by atoms with Crippen molar-refractivity contribution in [2.24, 2.45) is 0 Å². The normalized spacial score (nSPS) is 11.1. The Labute approximate surface area is 788 Å². The van der Waals surface area contributed by atoms with Crippen LogP contribution in [0.1, 0.15) is 166 Å². The van der Waals surface area contributed by atoms with E-state index in [0.717, 1.165) is 79.0 Å². The van der Waals surface area contributed by atoms with E-state index in [1.54, 1.807) is 0 Å². The third kappa shape index (κ3) is 19.6. The third-order valence-electron chi connectivity index (χ3n) is 25.4. The van der Waals surface area contributed by atoms with Crippen molar-refractivity contribution >= 4 is 195 Å². The molecule has 0 aliphatic rings. The number of nitrogens with zero attached hydrogens (tertiary/aromatic N) is 8. The third-order valence-corrected chi connectivity index (χ3v) is 25.4. The second-order valence-electron chi connectivity index (χ2n) is 31.3. The molecule has 0 bridgehead atoms. The molecule has 0 N–H and O–H groups in total. The zero-order valence-electron chi connectivity index (χ0n) is 84.1. The fourth-order valence-corrected chi connectivity index (χ4v) is 19.2. The number of hydrogen-bond acceptors (Lipinski definition) is 4. The molecule has 0 unspecified atom stereocenters. The van der Waals surface area contributed by atoms with Gasteiger partial charge >= 0.3 is 0 Å². The Hall–Kier alpha value is -12.4. The summed E-state index contributed by atoms with van der Waals surface area (Å²) in [7, 11) is 0. The lowest BCUT2D eigenvalue weighted by Crippen LogP contribution is -2.25. The van der Waals surface area contributed by atoms with E-state index in [2.05, 4.69) is 409 Å². The lowest BCUT2D eigenvalue weighted by molar-refractivity contribution is 0.249. The maximum absolute atomic E-state index is 2.55. The number of benzene rings is 18. The Morgan fingerprint density at radius 1 is 0.152 bits per heavy atom. The van der Waals surface area contributed by atoms with Crippen LogP contribution in [0.5, 0.6) is 0 Å². The molecule has 4 heterocycles. The fourth-order valence-electron chi connectivity index (χ4n) is 19.2. The second kappa shape index (κ2) is 48.7. The highest BCUT2D eigenvalue weighted by atomic mass is 15.3. The molecule has 22 aromatic rings. The van der Waals surface area contributed by atoms with Crippen molar-refractivity contribution in [1.29, 1.82) is 0 Å². The first kappa shape index (κ1) is 100. The van der Waals surface area contributed by atoms with E-state index in [-0.39, 0.29) is 0 Å². The van der Waals surface area contributed by atoms with Crippen molar-refractivity contribution in [3.8, 4) is 0 Å². The van der Waals surface area contributed by atoms with Crippen LogP contribution in [-0.4, -0.2) is 90.2 Å². The molecular formula is C124H148N8. The molecule has 8 nitrogen and oxygen atoms in total. The zero-order valence-corrected chi connectivity index (χ0v) is 84.1. The van der Waals surface area contributed by atoms with E-state index in [1.165, 1.54) is 195 Å². The summed E-state index contributed by atoms with van der Waals surface area (Å²) in [4.78, 5) is 9.95. The number of hydrogen-bond donors (Lipinski definition) is 0. The molecule has 8 heteroatoms. The van der Waals surface area contributed by atoms with Crippen LogP contribution < -0.4 is 0 Å². The van der Waals surface area contributed by atoms with Crippen LogP contribution in [0.15, 0.2) is 315 Å². The minimum absolute atomic E-state index is 0.897. The summed E-state index contributed by atoms with van der Waals surface area (Å²) in [6.07, 6.45) is 0. The highest BCUT2D eigenvalue weighted by molar-refractivity contribution is 6.36. The van der Waals surface area contributed by atoms with Crippen LogP contribution in [0.25, 0.3) is 195 Å². The summed E-state index contributed by atoms with van der Waals surface area (Å²) in [6.45, 7) is 62.0. The highest BCUT2D eigenvalue weighted by Crippen LogP contribution is 2.47. The van der Waals surface area contributed by atoms with Gasteiger partial charge in [0.05, 0.1) is 70.8 Å². The van der Waals surface area contributed by atoms with Gasteiger partial charge in [-0.05, 0) is 198 Å². The van der Waals surface area contributed by atoms with Crippen LogP contribution in [0, 0.1) is 0 Å². The molecule has 684 valence electrons. The van der Waals surface area contributed by atoms with Gasteiger partial charge < -0.3 is 18.3 Å². The highest BCUT2D eigenvalue weighted by Gasteiger charge is 2.25. The van der Waals surface area contributed by atoms with Gasteiger partial charge in [-0.3, -0.25) is 19.6 Å². The van der Waals surface area contributed by atoms with Gasteiger partial charge in [0.15, 0.2) is 0 Å². The van der Waals surface area contributed by atoms with Gasteiger partial charge in [0, 0.05) is 53.9 Å². The summed E-state index contributed by atoms with van der Waals surface area (Å²) in [5, 5.41) is 37.5. The Kier molecular flexibility index (Phi) is 36.9. The summed E-state index contributed by atoms with van der Waals surface area (Å²) < 4.78 is 10.1. The Balaban J connectivity index is 0.000000162. The molecule has 18 aromatic carbocycles. The molecule has 0 spiro atoms. The van der Waals surface area contributed by atoms with E-state index in [4.69, 9.17) is 0 Å². The Morgan fingerprint density at radius 2 is 0.348 bits per heavy atom. The first-order valence-electron chi connectivity index (χ1n) is 50.2. The van der Waals surface area contributed by atoms with E-state index >= 15 is 0 Å². The van der Waals surface area contributed by atoms with Gasteiger partial charge in [0.25, 0.3) is 0 Å². The SMILES string of the molecule is CC.CC.CC.CC.CC.CC.CC.CC.CCN(CC)Cn1c2cc3ccccc3cc2c2c3ccccc3c3ccccc3c21.CCN(CC)Cn1c2cc3ccccc3cc2c2c3ccccc3ccc21.CCN(CC)Cn1c2ccc3ccccc3c2c2c3ccccc3c3ccccc3c21.CCN(CC)Cn1c2ccc3ccccc3c2c2c3ccccc3ccc21. The number of rotatable bonds is 16. The van der Waals surface area contributed by atoms with E-state index in [1.807, 2.05) is 111 Å². The molecule has 0 atom stereocenters. The lowest BCUT2D eigenvalue weighted by atomic mass is 9.95. The topological polar surface area (TPSA) is 32.7 Å². The first-order valence-corrected chi connectivity index (χ1v) is 50.2. The molecule has 0 saturated heterocycles. The Bertz CT molecular complexity index is 7360. The van der Waals surface area contributed by atoms with Crippen molar-refractivity contribution in [3.63, 3.8) is 0 Å². The van der Waals surface area contributed by atoms with Gasteiger partial charge in [-0.1, -0.05) is 433 Å². The standard InChI is InChI=1S/2C29H26N2.2C25H24N2.8C2H6/c1-3-30(4-2)19-31-27-18-21-12-6-5-11-20(21)17-26(27)28-24-15-9-7-13-22(24)23-14-8-10-16-25(23)29(28)31;1-3-30(4-2)19-31-26-18-17-20-11-5-6-12-21(20)27(26)28-24-15-9-7-13-22(24)23-14-8-10-16-25(23)29(28)31;1-3-26(4-2)17-27-22-15-13-18-9-5-7-11-20(18)24(22)25-21-12-8-6-10-19(21)14-16-23(25)27;1-3-26(4-2)17-27-23-14-13-18-9-7-8-12-21(18)25(23)22-15-19-10-5-6-11-20(19)16-24(22)27;8*1-2/h2*5-18H,3-4,19H2,1-2H3;2*5-16H,3-4,17H2,1-2H3;8*1-2H3. The molecule has 0 fully saturated rings. The molecule has 0 saturated carbocycles. The summed E-state index contributed by atoms with van der Waals surface area (Å²) >= 11 is 0. The molecule has 0 aliphatic heterocycles. The quantitative estimate of drug-likeness (QED) is 0.0903. The largest absolute Gasteiger partial charge is 0.327 e. The first-order chi connectivity index (χ1) is 65.2. The predicted octanol–water partition coefficient (Wildman–Crippen LogP) is 36.1. The van der Waals surface area contributed by atoms with Gasteiger partial charge in [0.2, 0.25) is 0 Å². The maximum Gasteiger partial charge on any atom is 0.0757 e. The van der Waals surface area contributed by atoms with Crippen LogP contribution in [0.2, 0.25) is 0 Å². The zero-order chi connectivity index (χ0) is 94.7. The van der Waals surface area contributed by atoms with Crippen molar-refractivity contribution in [2.45, 2.75) is 193 Å². The van der Waals surface area contributed by atoms with E-state index < -0.39 is 0 Å². The lowest BCUT2D eigenvalue weighted by Gasteiger charge is -2.21.